The van der Waals surface area contributed by atoms with Gasteiger partial charge in [-0.25, -0.2) is 0 Å². The van der Waals surface area contributed by atoms with E-state index >= 15 is 0 Å². The molecule has 0 aromatic rings. The maximum atomic E-state index is 5.64. The van der Waals surface area contributed by atoms with Crippen LogP contribution in [0.5, 0.6) is 0 Å². The highest BCUT2D eigenvalue weighted by Crippen LogP contribution is 2.20. The lowest BCUT2D eigenvalue weighted by molar-refractivity contribution is -0.0745. The summed E-state index contributed by atoms with van der Waals surface area (Å²) in [6.45, 7) is 12.1. The van der Waals surface area contributed by atoms with Crippen LogP contribution in [0.2, 0.25) is 0 Å². The third-order valence-corrected chi connectivity index (χ3v) is 2.75. The highest BCUT2D eigenvalue weighted by atomic mass is 16.5. The van der Waals surface area contributed by atoms with Crippen LogP contribution >= 0.6 is 0 Å². The standard InChI is InChI=1S/C10H21NO/c1-5-11-6-7-12-9(4)10(11)8(2)3/h8-10H,5-7H2,1-4H3. The third-order valence-electron chi connectivity index (χ3n) is 2.75. The highest BCUT2D eigenvalue weighted by molar-refractivity contribution is 4.82. The third kappa shape index (κ3) is 1.99. The molecule has 0 aromatic carbocycles. The average Bonchev–Trinajstić information content (AvgIpc) is 2.03. The minimum atomic E-state index is 0.402. The molecule has 72 valence electrons. The molecule has 1 aliphatic heterocycles. The Bertz CT molecular complexity index is 136. The van der Waals surface area contributed by atoms with Gasteiger partial charge in [-0.05, 0) is 19.4 Å². The molecule has 1 fully saturated rings. The Hall–Kier alpha value is -0.0800. The molecule has 2 heteroatoms. The number of rotatable bonds is 2. The highest BCUT2D eigenvalue weighted by Gasteiger charge is 2.30. The zero-order valence-corrected chi connectivity index (χ0v) is 8.71. The van der Waals surface area contributed by atoms with E-state index in [1.54, 1.807) is 0 Å². The summed E-state index contributed by atoms with van der Waals surface area (Å²) < 4.78 is 5.64. The second kappa shape index (κ2) is 4.24. The molecule has 0 aliphatic carbocycles. The van der Waals surface area contributed by atoms with Crippen molar-refractivity contribution in [1.82, 2.24) is 4.90 Å². The van der Waals surface area contributed by atoms with Crippen LogP contribution in [0.3, 0.4) is 0 Å². The van der Waals surface area contributed by atoms with E-state index in [1.807, 2.05) is 0 Å². The molecule has 0 aromatic heterocycles. The first-order valence-corrected chi connectivity index (χ1v) is 5.02. The fourth-order valence-electron chi connectivity index (χ4n) is 2.23. The minimum absolute atomic E-state index is 0.402. The lowest BCUT2D eigenvalue weighted by atomic mass is 9.96. The van der Waals surface area contributed by atoms with Crippen LogP contribution < -0.4 is 0 Å². The zero-order valence-electron chi connectivity index (χ0n) is 8.71. The molecular weight excluding hydrogens is 150 g/mol. The Morgan fingerprint density at radius 2 is 2.17 bits per heavy atom. The summed E-state index contributed by atoms with van der Waals surface area (Å²) in [5.74, 6) is 0.695. The number of nitrogens with zero attached hydrogens (tertiary/aromatic N) is 1. The fraction of sp³-hybridized carbons (Fsp3) is 1.00. The largest absolute Gasteiger partial charge is 0.376 e. The SMILES string of the molecule is CCN1CCOC(C)C1C(C)C. The van der Waals surface area contributed by atoms with Gasteiger partial charge < -0.3 is 4.74 Å². The van der Waals surface area contributed by atoms with Crippen molar-refractivity contribution in [3.8, 4) is 0 Å². The van der Waals surface area contributed by atoms with E-state index in [9.17, 15) is 0 Å². The number of likely N-dealkylation sites (N-methyl/N-ethyl adjacent to an activating group) is 1. The number of morpholine rings is 1. The molecule has 0 bridgehead atoms. The van der Waals surface area contributed by atoms with Crippen molar-refractivity contribution in [1.29, 1.82) is 0 Å². The molecule has 1 heterocycles. The second-order valence-corrected chi connectivity index (χ2v) is 3.94. The molecule has 1 rings (SSSR count). The van der Waals surface area contributed by atoms with Gasteiger partial charge in [0.15, 0.2) is 0 Å². The maximum Gasteiger partial charge on any atom is 0.0705 e. The Labute approximate surface area is 75.9 Å². The normalized spacial score (nSPS) is 32.8. The second-order valence-electron chi connectivity index (χ2n) is 3.94. The van der Waals surface area contributed by atoms with E-state index in [2.05, 4.69) is 32.6 Å². The molecule has 0 saturated carbocycles. The summed E-state index contributed by atoms with van der Waals surface area (Å²) in [6, 6.07) is 0.615. The van der Waals surface area contributed by atoms with Gasteiger partial charge in [0.25, 0.3) is 0 Å². The van der Waals surface area contributed by atoms with E-state index in [1.165, 1.54) is 0 Å². The minimum Gasteiger partial charge on any atom is -0.376 e. The Balaban J connectivity index is 2.59. The van der Waals surface area contributed by atoms with E-state index in [0.717, 1.165) is 19.7 Å². The van der Waals surface area contributed by atoms with Gasteiger partial charge in [-0.15, -0.1) is 0 Å². The predicted octanol–water partition coefficient (Wildman–Crippen LogP) is 1.75. The van der Waals surface area contributed by atoms with Gasteiger partial charge in [0.05, 0.1) is 12.7 Å². The molecular formula is C10H21NO. The summed E-state index contributed by atoms with van der Waals surface area (Å²) in [6.07, 6.45) is 0.402. The van der Waals surface area contributed by atoms with Crippen molar-refractivity contribution in [2.24, 2.45) is 5.92 Å². The van der Waals surface area contributed by atoms with Crippen LogP contribution in [0.4, 0.5) is 0 Å². The molecule has 0 N–H and O–H groups in total. The predicted molar refractivity (Wildman–Crippen MR) is 51.3 cm³/mol. The lowest BCUT2D eigenvalue weighted by Gasteiger charge is -2.41. The molecule has 12 heavy (non-hydrogen) atoms. The summed E-state index contributed by atoms with van der Waals surface area (Å²) in [5, 5.41) is 0. The van der Waals surface area contributed by atoms with Gasteiger partial charge in [0.1, 0.15) is 0 Å². The van der Waals surface area contributed by atoms with Crippen molar-refractivity contribution in [2.75, 3.05) is 19.7 Å². The van der Waals surface area contributed by atoms with Crippen LogP contribution in [-0.2, 0) is 4.74 Å². The first kappa shape index (κ1) is 10.0. The van der Waals surface area contributed by atoms with Crippen molar-refractivity contribution in [3.63, 3.8) is 0 Å². The first-order valence-electron chi connectivity index (χ1n) is 5.02. The number of ether oxygens (including phenoxy) is 1. The van der Waals surface area contributed by atoms with E-state index in [0.29, 0.717) is 18.1 Å². The van der Waals surface area contributed by atoms with Crippen molar-refractivity contribution in [2.45, 2.75) is 39.8 Å². The van der Waals surface area contributed by atoms with Gasteiger partial charge >= 0.3 is 0 Å². The number of hydrogen-bond donors (Lipinski definition) is 0. The molecule has 1 aliphatic rings. The molecule has 0 spiro atoms. The number of hydrogen-bond acceptors (Lipinski definition) is 2. The van der Waals surface area contributed by atoms with E-state index in [-0.39, 0.29) is 0 Å². The summed E-state index contributed by atoms with van der Waals surface area (Å²) >= 11 is 0. The monoisotopic (exact) mass is 171 g/mol. The van der Waals surface area contributed by atoms with Crippen molar-refractivity contribution in [3.05, 3.63) is 0 Å². The first-order chi connectivity index (χ1) is 5.66. The van der Waals surface area contributed by atoms with Crippen LogP contribution in [0.15, 0.2) is 0 Å². The van der Waals surface area contributed by atoms with E-state index < -0.39 is 0 Å². The van der Waals surface area contributed by atoms with Crippen molar-refractivity contribution >= 4 is 0 Å². The zero-order chi connectivity index (χ0) is 9.14. The average molecular weight is 171 g/mol. The summed E-state index contributed by atoms with van der Waals surface area (Å²) in [5.41, 5.74) is 0. The molecule has 0 radical (unpaired) electrons. The smallest absolute Gasteiger partial charge is 0.0705 e. The lowest BCUT2D eigenvalue weighted by Crippen LogP contribution is -2.52. The molecule has 0 amide bonds. The van der Waals surface area contributed by atoms with E-state index in [4.69, 9.17) is 4.74 Å². The Morgan fingerprint density at radius 1 is 1.50 bits per heavy atom. The topological polar surface area (TPSA) is 12.5 Å². The van der Waals surface area contributed by atoms with Crippen LogP contribution in [-0.4, -0.2) is 36.7 Å². The molecule has 2 nitrogen and oxygen atoms in total. The molecule has 1 saturated heterocycles. The van der Waals surface area contributed by atoms with Gasteiger partial charge in [-0.3, -0.25) is 4.90 Å². The van der Waals surface area contributed by atoms with Crippen LogP contribution in [0.1, 0.15) is 27.7 Å². The van der Waals surface area contributed by atoms with Crippen LogP contribution in [0.25, 0.3) is 0 Å². The van der Waals surface area contributed by atoms with Gasteiger partial charge in [0, 0.05) is 12.6 Å². The van der Waals surface area contributed by atoms with Crippen molar-refractivity contribution < 1.29 is 4.74 Å². The quantitative estimate of drug-likeness (QED) is 0.627. The molecule has 2 atom stereocenters. The van der Waals surface area contributed by atoms with Gasteiger partial charge in [0.2, 0.25) is 0 Å². The Morgan fingerprint density at radius 3 is 2.58 bits per heavy atom. The Kier molecular flexibility index (Phi) is 3.53. The summed E-state index contributed by atoms with van der Waals surface area (Å²) in [4.78, 5) is 2.53. The van der Waals surface area contributed by atoms with Gasteiger partial charge in [-0.2, -0.15) is 0 Å². The molecule has 2 unspecified atom stereocenters. The van der Waals surface area contributed by atoms with Gasteiger partial charge in [-0.1, -0.05) is 20.8 Å². The maximum absolute atomic E-state index is 5.64. The summed E-state index contributed by atoms with van der Waals surface area (Å²) in [7, 11) is 0. The van der Waals surface area contributed by atoms with Crippen LogP contribution in [0, 0.1) is 5.92 Å². The fourth-order valence-corrected chi connectivity index (χ4v) is 2.23.